The highest BCUT2D eigenvalue weighted by atomic mass is 15.2. The van der Waals surface area contributed by atoms with E-state index in [1.54, 1.807) is 0 Å². The van der Waals surface area contributed by atoms with Crippen LogP contribution in [-0.4, -0.2) is 55.6 Å². The van der Waals surface area contributed by atoms with Crippen LogP contribution < -0.4 is 5.73 Å². The Hall–Kier alpha value is -0.900. The zero-order valence-electron chi connectivity index (χ0n) is 13.0. The zero-order chi connectivity index (χ0) is 14.4. The molecule has 1 saturated heterocycles. The van der Waals surface area contributed by atoms with E-state index in [4.69, 9.17) is 5.73 Å². The minimum Gasteiger partial charge on any atom is -0.327 e. The molecule has 1 aliphatic heterocycles. The maximum atomic E-state index is 6.34. The fourth-order valence-corrected chi connectivity index (χ4v) is 3.15. The molecule has 1 heterocycles. The van der Waals surface area contributed by atoms with Crippen molar-refractivity contribution in [2.24, 2.45) is 5.73 Å². The van der Waals surface area contributed by atoms with Crippen molar-refractivity contribution in [3.05, 3.63) is 35.9 Å². The second kappa shape index (κ2) is 7.77. The molecule has 3 heteroatoms. The third-order valence-electron chi connectivity index (χ3n) is 4.19. The van der Waals surface area contributed by atoms with Gasteiger partial charge in [-0.1, -0.05) is 30.3 Å². The minimum absolute atomic E-state index is 0.290. The Morgan fingerprint density at radius 3 is 2.75 bits per heavy atom. The summed E-state index contributed by atoms with van der Waals surface area (Å²) < 4.78 is 0. The Bertz CT molecular complexity index is 377. The van der Waals surface area contributed by atoms with Gasteiger partial charge in [0.05, 0.1) is 0 Å². The van der Waals surface area contributed by atoms with Crippen molar-refractivity contribution in [3.8, 4) is 0 Å². The van der Waals surface area contributed by atoms with Crippen LogP contribution in [0.3, 0.4) is 0 Å². The molecule has 20 heavy (non-hydrogen) atoms. The first-order valence-corrected chi connectivity index (χ1v) is 7.83. The number of benzene rings is 1. The van der Waals surface area contributed by atoms with Gasteiger partial charge >= 0.3 is 0 Å². The lowest BCUT2D eigenvalue weighted by Crippen LogP contribution is -2.44. The molecule has 3 nitrogen and oxygen atoms in total. The van der Waals surface area contributed by atoms with Gasteiger partial charge in [-0.25, -0.2) is 0 Å². The van der Waals surface area contributed by atoms with E-state index in [1.807, 2.05) is 0 Å². The molecule has 1 aromatic carbocycles. The standard InChI is InChI=1S/C17H29N3/c1-19(2)14-17-9-6-12-20(17)13-16(18)11-10-15-7-4-3-5-8-15/h3-5,7-8,16-17H,6,9-14,18H2,1-2H3. The van der Waals surface area contributed by atoms with E-state index in [0.717, 1.165) is 25.9 Å². The SMILES string of the molecule is CN(C)CC1CCCN1CC(N)CCc1ccccc1. The highest BCUT2D eigenvalue weighted by Crippen LogP contribution is 2.18. The first kappa shape index (κ1) is 15.5. The van der Waals surface area contributed by atoms with E-state index in [2.05, 4.69) is 54.2 Å². The third-order valence-corrected chi connectivity index (χ3v) is 4.19. The second-order valence-electron chi connectivity index (χ2n) is 6.34. The molecule has 2 rings (SSSR count). The molecule has 2 N–H and O–H groups in total. The van der Waals surface area contributed by atoms with E-state index in [9.17, 15) is 0 Å². The summed E-state index contributed by atoms with van der Waals surface area (Å²) in [7, 11) is 4.32. The topological polar surface area (TPSA) is 32.5 Å². The van der Waals surface area contributed by atoms with Crippen LogP contribution in [0.4, 0.5) is 0 Å². The van der Waals surface area contributed by atoms with Gasteiger partial charge < -0.3 is 10.6 Å². The summed E-state index contributed by atoms with van der Waals surface area (Å²) in [6.07, 6.45) is 4.82. The summed E-state index contributed by atoms with van der Waals surface area (Å²) >= 11 is 0. The summed E-state index contributed by atoms with van der Waals surface area (Å²) in [5.74, 6) is 0. The van der Waals surface area contributed by atoms with E-state index in [0.29, 0.717) is 6.04 Å². The maximum Gasteiger partial charge on any atom is 0.0224 e. The van der Waals surface area contributed by atoms with Gasteiger partial charge in [-0.15, -0.1) is 0 Å². The molecule has 0 bridgehead atoms. The van der Waals surface area contributed by atoms with Crippen molar-refractivity contribution in [3.63, 3.8) is 0 Å². The molecule has 0 amide bonds. The van der Waals surface area contributed by atoms with Crippen LogP contribution in [0.2, 0.25) is 0 Å². The first-order valence-electron chi connectivity index (χ1n) is 7.83. The summed E-state index contributed by atoms with van der Waals surface area (Å²) in [5.41, 5.74) is 7.74. The zero-order valence-corrected chi connectivity index (χ0v) is 13.0. The minimum atomic E-state index is 0.290. The summed E-state index contributed by atoms with van der Waals surface area (Å²) in [4.78, 5) is 4.88. The third kappa shape index (κ3) is 4.89. The van der Waals surface area contributed by atoms with Crippen LogP contribution in [0.1, 0.15) is 24.8 Å². The largest absolute Gasteiger partial charge is 0.327 e. The Kier molecular flexibility index (Phi) is 6.02. The smallest absolute Gasteiger partial charge is 0.0224 e. The van der Waals surface area contributed by atoms with Crippen molar-refractivity contribution in [2.45, 2.75) is 37.8 Å². The van der Waals surface area contributed by atoms with Crippen molar-refractivity contribution < 1.29 is 0 Å². The average Bonchev–Trinajstić information content (AvgIpc) is 2.84. The molecule has 0 aromatic heterocycles. The van der Waals surface area contributed by atoms with Gasteiger partial charge in [0.1, 0.15) is 0 Å². The van der Waals surface area contributed by atoms with Crippen molar-refractivity contribution in [1.29, 1.82) is 0 Å². The van der Waals surface area contributed by atoms with Crippen LogP contribution in [0, 0.1) is 0 Å². The Morgan fingerprint density at radius 2 is 2.05 bits per heavy atom. The highest BCUT2D eigenvalue weighted by Gasteiger charge is 2.25. The van der Waals surface area contributed by atoms with E-state index < -0.39 is 0 Å². The number of nitrogens with two attached hydrogens (primary N) is 1. The number of hydrogen-bond donors (Lipinski definition) is 1. The average molecular weight is 275 g/mol. The van der Waals surface area contributed by atoms with Gasteiger partial charge in [0, 0.05) is 25.2 Å². The predicted molar refractivity (Wildman–Crippen MR) is 85.9 cm³/mol. The maximum absolute atomic E-state index is 6.34. The molecule has 0 spiro atoms. The number of hydrogen-bond acceptors (Lipinski definition) is 3. The summed E-state index contributed by atoms with van der Waals surface area (Å²) in [6.45, 7) is 3.42. The monoisotopic (exact) mass is 275 g/mol. The van der Waals surface area contributed by atoms with Gasteiger partial charge in [0.25, 0.3) is 0 Å². The molecule has 1 aliphatic rings. The lowest BCUT2D eigenvalue weighted by Gasteiger charge is -2.29. The quantitative estimate of drug-likeness (QED) is 0.826. The number of aryl methyl sites for hydroxylation is 1. The summed E-state index contributed by atoms with van der Waals surface area (Å²) in [6, 6.07) is 11.7. The normalized spacial score (nSPS) is 21.5. The van der Waals surface area contributed by atoms with Crippen LogP contribution in [0.25, 0.3) is 0 Å². The predicted octanol–water partition coefficient (Wildman–Crippen LogP) is 1.97. The molecule has 0 saturated carbocycles. The van der Waals surface area contributed by atoms with E-state index in [1.165, 1.54) is 24.9 Å². The summed E-state index contributed by atoms with van der Waals surface area (Å²) in [5, 5.41) is 0. The fraction of sp³-hybridized carbons (Fsp3) is 0.647. The molecule has 2 unspecified atom stereocenters. The van der Waals surface area contributed by atoms with Gasteiger partial charge in [-0.2, -0.15) is 0 Å². The van der Waals surface area contributed by atoms with Gasteiger partial charge in [0.15, 0.2) is 0 Å². The van der Waals surface area contributed by atoms with E-state index in [-0.39, 0.29) is 6.04 Å². The number of nitrogens with zero attached hydrogens (tertiary/aromatic N) is 2. The van der Waals surface area contributed by atoms with Crippen molar-refractivity contribution in [1.82, 2.24) is 9.80 Å². The van der Waals surface area contributed by atoms with Gasteiger partial charge in [-0.3, -0.25) is 4.90 Å². The molecule has 0 radical (unpaired) electrons. The lowest BCUT2D eigenvalue weighted by atomic mass is 10.1. The number of rotatable bonds is 7. The molecule has 1 aromatic rings. The second-order valence-corrected chi connectivity index (χ2v) is 6.34. The molecule has 2 atom stereocenters. The number of likely N-dealkylation sites (tertiary alicyclic amines) is 1. The first-order chi connectivity index (χ1) is 9.65. The van der Waals surface area contributed by atoms with Crippen molar-refractivity contribution >= 4 is 0 Å². The molecular weight excluding hydrogens is 246 g/mol. The van der Waals surface area contributed by atoms with Crippen LogP contribution in [0.5, 0.6) is 0 Å². The van der Waals surface area contributed by atoms with Crippen LogP contribution in [-0.2, 0) is 6.42 Å². The molecule has 0 aliphatic carbocycles. The van der Waals surface area contributed by atoms with Crippen LogP contribution >= 0.6 is 0 Å². The van der Waals surface area contributed by atoms with Crippen molar-refractivity contribution in [2.75, 3.05) is 33.7 Å². The fourth-order valence-electron chi connectivity index (χ4n) is 3.15. The molecular formula is C17H29N3. The van der Waals surface area contributed by atoms with Crippen LogP contribution in [0.15, 0.2) is 30.3 Å². The number of likely N-dealkylation sites (N-methyl/N-ethyl adjacent to an activating group) is 1. The van der Waals surface area contributed by atoms with E-state index >= 15 is 0 Å². The van der Waals surface area contributed by atoms with Gasteiger partial charge in [0.2, 0.25) is 0 Å². The Labute approximate surface area is 123 Å². The Balaban J connectivity index is 1.74. The van der Waals surface area contributed by atoms with Gasteiger partial charge in [-0.05, 0) is 51.9 Å². The lowest BCUT2D eigenvalue weighted by molar-refractivity contribution is 0.196. The highest BCUT2D eigenvalue weighted by molar-refractivity contribution is 5.14. The molecule has 1 fully saturated rings. The molecule has 112 valence electrons. The Morgan fingerprint density at radius 1 is 1.30 bits per heavy atom.